The van der Waals surface area contributed by atoms with Crippen LogP contribution in [0.2, 0.25) is 0 Å². The minimum absolute atomic E-state index is 0.0852. The average molecular weight is 439 g/mol. The predicted molar refractivity (Wildman–Crippen MR) is 112 cm³/mol. The minimum atomic E-state index is -3.97. The third-order valence-electron chi connectivity index (χ3n) is 5.10. The number of benzene rings is 2. The highest BCUT2D eigenvalue weighted by molar-refractivity contribution is 7.90. The van der Waals surface area contributed by atoms with Crippen molar-refractivity contribution in [1.29, 1.82) is 0 Å². The molecule has 2 aromatic carbocycles. The molecule has 0 aliphatic carbocycles. The van der Waals surface area contributed by atoms with Crippen LogP contribution < -0.4 is 5.32 Å². The lowest BCUT2D eigenvalue weighted by Gasteiger charge is -2.18. The molecule has 1 aliphatic heterocycles. The molecule has 0 saturated heterocycles. The van der Waals surface area contributed by atoms with Crippen LogP contribution in [0.4, 0.5) is 0 Å². The van der Waals surface area contributed by atoms with Gasteiger partial charge in [-0.3, -0.25) is 9.59 Å². The molecular weight excluding hydrogens is 418 g/mol. The van der Waals surface area contributed by atoms with Gasteiger partial charge in [0.2, 0.25) is 0 Å². The molecule has 2 heterocycles. The van der Waals surface area contributed by atoms with E-state index in [-0.39, 0.29) is 22.1 Å². The summed E-state index contributed by atoms with van der Waals surface area (Å²) in [5, 5.41) is 6.93. The number of aromatic nitrogens is 3. The van der Waals surface area contributed by atoms with Crippen molar-refractivity contribution in [2.45, 2.75) is 37.8 Å². The third kappa shape index (κ3) is 3.59. The molecule has 1 N–H and O–H groups in total. The van der Waals surface area contributed by atoms with Crippen LogP contribution in [0.1, 0.15) is 53.1 Å². The summed E-state index contributed by atoms with van der Waals surface area (Å²) in [7, 11) is -3.97. The van der Waals surface area contributed by atoms with Gasteiger partial charge in [-0.15, -0.1) is 0 Å². The van der Waals surface area contributed by atoms with Gasteiger partial charge in [0.15, 0.2) is 0 Å². The van der Waals surface area contributed by atoms with Crippen molar-refractivity contribution in [3.05, 3.63) is 71.8 Å². The number of nitrogens with one attached hydrogen (secondary N) is 1. The van der Waals surface area contributed by atoms with Gasteiger partial charge in [0.25, 0.3) is 21.8 Å². The summed E-state index contributed by atoms with van der Waals surface area (Å²) in [5.41, 5.74) is 1.96. The second-order valence-electron chi connectivity index (χ2n) is 7.54. The first-order chi connectivity index (χ1) is 14.7. The quantitative estimate of drug-likeness (QED) is 0.653. The number of sulfonamides is 1. The van der Waals surface area contributed by atoms with Gasteiger partial charge in [0, 0.05) is 11.6 Å². The molecule has 0 spiro atoms. The van der Waals surface area contributed by atoms with Crippen molar-refractivity contribution in [2.24, 2.45) is 0 Å². The predicted octanol–water partition coefficient (Wildman–Crippen LogP) is 2.31. The SMILES string of the molecule is CC(NC(=O)c1ccc2c(c1)S(=O)(=O)N(C(C)C)C2=O)c1ccc(-n2cncn2)cc1. The summed E-state index contributed by atoms with van der Waals surface area (Å²) >= 11 is 0. The minimum Gasteiger partial charge on any atom is -0.346 e. The molecule has 0 saturated carbocycles. The van der Waals surface area contributed by atoms with Gasteiger partial charge in [-0.25, -0.2) is 22.4 Å². The zero-order valence-electron chi connectivity index (χ0n) is 17.2. The Morgan fingerprint density at radius 1 is 1.06 bits per heavy atom. The molecule has 160 valence electrons. The second kappa shape index (κ2) is 7.62. The van der Waals surface area contributed by atoms with Gasteiger partial charge in [-0.1, -0.05) is 12.1 Å². The van der Waals surface area contributed by atoms with Crippen LogP contribution in [-0.2, 0) is 10.0 Å². The fraction of sp³-hybridized carbons (Fsp3) is 0.238. The van der Waals surface area contributed by atoms with Crippen LogP contribution in [0.5, 0.6) is 0 Å². The second-order valence-corrected chi connectivity index (χ2v) is 9.32. The summed E-state index contributed by atoms with van der Waals surface area (Å²) in [5.74, 6) is -1.00. The number of amides is 2. The molecule has 0 fully saturated rings. The van der Waals surface area contributed by atoms with Crippen LogP contribution in [0.3, 0.4) is 0 Å². The van der Waals surface area contributed by atoms with Crippen molar-refractivity contribution in [2.75, 3.05) is 0 Å². The zero-order chi connectivity index (χ0) is 22.3. The number of nitrogens with zero attached hydrogens (tertiary/aromatic N) is 4. The van der Waals surface area contributed by atoms with E-state index < -0.39 is 27.9 Å². The highest BCUT2D eigenvalue weighted by Gasteiger charge is 2.42. The first-order valence-electron chi connectivity index (χ1n) is 9.69. The molecule has 0 bridgehead atoms. The highest BCUT2D eigenvalue weighted by atomic mass is 32.2. The molecule has 31 heavy (non-hydrogen) atoms. The van der Waals surface area contributed by atoms with Crippen molar-refractivity contribution >= 4 is 21.8 Å². The Labute approximate surface area is 179 Å². The Morgan fingerprint density at radius 2 is 1.77 bits per heavy atom. The first-order valence-corrected chi connectivity index (χ1v) is 11.1. The molecule has 1 unspecified atom stereocenters. The van der Waals surface area contributed by atoms with Gasteiger partial charge in [0.1, 0.15) is 17.6 Å². The lowest BCUT2D eigenvalue weighted by atomic mass is 10.1. The van der Waals surface area contributed by atoms with Gasteiger partial charge >= 0.3 is 0 Å². The van der Waals surface area contributed by atoms with Gasteiger partial charge in [0.05, 0.1) is 17.3 Å². The van der Waals surface area contributed by atoms with E-state index in [9.17, 15) is 18.0 Å². The van der Waals surface area contributed by atoms with Crippen LogP contribution in [-0.4, -0.2) is 45.3 Å². The van der Waals surface area contributed by atoms with E-state index >= 15 is 0 Å². The van der Waals surface area contributed by atoms with Crippen LogP contribution in [0.15, 0.2) is 60.0 Å². The highest BCUT2D eigenvalue weighted by Crippen LogP contribution is 2.32. The van der Waals surface area contributed by atoms with Crippen LogP contribution in [0.25, 0.3) is 5.69 Å². The Hall–Kier alpha value is -3.53. The van der Waals surface area contributed by atoms with Crippen molar-refractivity contribution in [3.8, 4) is 5.69 Å². The molecule has 10 heteroatoms. The lowest BCUT2D eigenvalue weighted by molar-refractivity contribution is 0.0845. The number of rotatable bonds is 5. The van der Waals surface area contributed by atoms with Gasteiger partial charge in [-0.2, -0.15) is 5.10 Å². The normalized spacial score (nSPS) is 15.7. The lowest BCUT2D eigenvalue weighted by Crippen LogP contribution is -2.36. The fourth-order valence-electron chi connectivity index (χ4n) is 3.52. The summed E-state index contributed by atoms with van der Waals surface area (Å²) < 4.78 is 28.0. The average Bonchev–Trinajstić information content (AvgIpc) is 3.33. The molecule has 0 radical (unpaired) electrons. The van der Waals surface area contributed by atoms with E-state index in [4.69, 9.17) is 0 Å². The number of fused-ring (bicyclic) bond motifs is 1. The Morgan fingerprint density at radius 3 is 2.39 bits per heavy atom. The molecule has 9 nitrogen and oxygen atoms in total. The van der Waals surface area contributed by atoms with E-state index in [2.05, 4.69) is 15.4 Å². The van der Waals surface area contributed by atoms with Crippen LogP contribution >= 0.6 is 0 Å². The molecule has 2 amide bonds. The Bertz CT molecular complexity index is 1250. The Balaban J connectivity index is 1.54. The summed E-state index contributed by atoms with van der Waals surface area (Å²) in [4.78, 5) is 29.0. The van der Waals surface area contributed by atoms with E-state index in [1.54, 1.807) is 24.9 Å². The fourth-order valence-corrected chi connectivity index (χ4v) is 5.31. The molecule has 1 aromatic heterocycles. The zero-order valence-corrected chi connectivity index (χ0v) is 18.0. The van der Waals surface area contributed by atoms with E-state index in [1.165, 1.54) is 24.5 Å². The van der Waals surface area contributed by atoms with E-state index in [0.29, 0.717) is 0 Å². The van der Waals surface area contributed by atoms with Gasteiger partial charge < -0.3 is 5.32 Å². The van der Waals surface area contributed by atoms with Gasteiger partial charge in [-0.05, 0) is 56.7 Å². The third-order valence-corrected chi connectivity index (χ3v) is 7.10. The molecule has 1 aliphatic rings. The molecule has 4 rings (SSSR count). The van der Waals surface area contributed by atoms with Crippen molar-refractivity contribution in [3.63, 3.8) is 0 Å². The van der Waals surface area contributed by atoms with Crippen molar-refractivity contribution in [1.82, 2.24) is 24.4 Å². The maximum atomic E-state index is 12.8. The largest absolute Gasteiger partial charge is 0.346 e. The smallest absolute Gasteiger partial charge is 0.269 e. The first kappa shape index (κ1) is 20.7. The maximum Gasteiger partial charge on any atom is 0.269 e. The maximum absolute atomic E-state index is 12.8. The topological polar surface area (TPSA) is 114 Å². The standard InChI is InChI=1S/C21H21N5O4S/c1-13(2)26-21(28)18-9-6-16(10-19(18)31(26,29)30)20(27)24-14(3)15-4-7-17(8-5-15)25-12-22-11-23-25/h4-14H,1-3H3,(H,24,27). The van der Waals surface area contributed by atoms with E-state index in [0.717, 1.165) is 15.6 Å². The van der Waals surface area contributed by atoms with E-state index in [1.807, 2.05) is 31.2 Å². The van der Waals surface area contributed by atoms with Crippen molar-refractivity contribution < 1.29 is 18.0 Å². The van der Waals surface area contributed by atoms with Crippen LogP contribution in [0, 0.1) is 0 Å². The summed E-state index contributed by atoms with van der Waals surface area (Å²) in [6.45, 7) is 5.09. The summed E-state index contributed by atoms with van der Waals surface area (Å²) in [6, 6.07) is 10.7. The number of hydrogen-bond acceptors (Lipinski definition) is 6. The number of carbonyl (C=O) groups excluding carboxylic acids is 2. The molecular formula is C21H21N5O4S. The summed E-state index contributed by atoms with van der Waals surface area (Å²) in [6.07, 6.45) is 3.04. The number of hydrogen-bond donors (Lipinski definition) is 1. The number of carbonyl (C=O) groups is 2. The molecule has 1 atom stereocenters. The molecule has 3 aromatic rings. The Kier molecular flexibility index (Phi) is 5.10. The monoisotopic (exact) mass is 439 g/mol.